The number of rotatable bonds is 5. The normalized spacial score (nSPS) is 20.9. The Hall–Kier alpha value is -2.39. The Morgan fingerprint density at radius 3 is 2.74 bits per heavy atom. The Labute approximate surface area is 156 Å². The van der Waals surface area contributed by atoms with Crippen molar-refractivity contribution in [3.8, 4) is 0 Å². The fourth-order valence-corrected chi connectivity index (χ4v) is 3.73. The highest BCUT2D eigenvalue weighted by molar-refractivity contribution is 5.76. The number of aromatic nitrogens is 4. The first-order chi connectivity index (χ1) is 13.2. The summed E-state index contributed by atoms with van der Waals surface area (Å²) in [4.78, 5) is 17.0. The molecule has 0 aliphatic carbocycles. The smallest absolute Gasteiger partial charge is 0.244 e. The number of halogens is 1. The SMILES string of the molecule is O=C(Cn1nnnc1CN1CCOCC1)N1CCCC1c1ccc(F)cc1. The second kappa shape index (κ2) is 8.10. The van der Waals surface area contributed by atoms with Crippen molar-refractivity contribution in [2.45, 2.75) is 32.0 Å². The number of ether oxygens (including phenoxy) is 1. The molecule has 9 heteroatoms. The van der Waals surface area contributed by atoms with Crippen LogP contribution in [0.4, 0.5) is 4.39 Å². The minimum Gasteiger partial charge on any atom is -0.379 e. The van der Waals surface area contributed by atoms with Gasteiger partial charge in [-0.05, 0) is 41.0 Å². The maximum Gasteiger partial charge on any atom is 0.244 e. The molecule has 0 bridgehead atoms. The maximum atomic E-state index is 13.2. The van der Waals surface area contributed by atoms with E-state index in [-0.39, 0.29) is 24.3 Å². The Balaban J connectivity index is 1.42. The molecule has 2 saturated heterocycles. The van der Waals surface area contributed by atoms with Crippen LogP contribution in [0.2, 0.25) is 0 Å². The van der Waals surface area contributed by atoms with E-state index in [4.69, 9.17) is 4.74 Å². The van der Waals surface area contributed by atoms with Crippen LogP contribution < -0.4 is 0 Å². The van der Waals surface area contributed by atoms with Crippen LogP contribution in [-0.2, 0) is 22.6 Å². The standard InChI is InChI=1S/C18H23FN6O2/c19-15-5-3-14(4-6-15)16-2-1-7-24(16)18(26)13-25-17(20-21-22-25)12-23-8-10-27-11-9-23/h3-6,16H,1-2,7-13H2. The first-order valence-electron chi connectivity index (χ1n) is 9.31. The van der Waals surface area contributed by atoms with Crippen LogP contribution in [0, 0.1) is 5.82 Å². The van der Waals surface area contributed by atoms with Gasteiger partial charge in [0, 0.05) is 19.6 Å². The average molecular weight is 374 g/mol. The number of tetrazole rings is 1. The molecule has 8 nitrogen and oxygen atoms in total. The molecule has 0 N–H and O–H groups in total. The van der Waals surface area contributed by atoms with Crippen LogP contribution in [0.25, 0.3) is 0 Å². The highest BCUT2D eigenvalue weighted by Crippen LogP contribution is 2.32. The average Bonchev–Trinajstić information content (AvgIpc) is 3.33. The van der Waals surface area contributed by atoms with Crippen LogP contribution in [0.3, 0.4) is 0 Å². The van der Waals surface area contributed by atoms with Crippen LogP contribution in [-0.4, -0.2) is 68.8 Å². The lowest BCUT2D eigenvalue weighted by Crippen LogP contribution is -2.37. The Morgan fingerprint density at radius 1 is 1.19 bits per heavy atom. The van der Waals surface area contributed by atoms with E-state index in [1.54, 1.807) is 16.8 Å². The summed E-state index contributed by atoms with van der Waals surface area (Å²) in [5.41, 5.74) is 0.965. The third kappa shape index (κ3) is 4.14. The first kappa shape index (κ1) is 18.0. The number of amides is 1. The number of carbonyl (C=O) groups excluding carboxylic acids is 1. The molecule has 1 aromatic heterocycles. The van der Waals surface area contributed by atoms with Gasteiger partial charge in [-0.2, -0.15) is 0 Å². The van der Waals surface area contributed by atoms with Crippen LogP contribution in [0.1, 0.15) is 30.3 Å². The van der Waals surface area contributed by atoms with E-state index in [9.17, 15) is 9.18 Å². The Bertz CT molecular complexity index is 774. The van der Waals surface area contributed by atoms with Crippen molar-refractivity contribution >= 4 is 5.91 Å². The van der Waals surface area contributed by atoms with Crippen molar-refractivity contribution in [2.75, 3.05) is 32.8 Å². The predicted octanol–water partition coefficient (Wildman–Crippen LogP) is 1.01. The van der Waals surface area contributed by atoms with Crippen molar-refractivity contribution < 1.29 is 13.9 Å². The van der Waals surface area contributed by atoms with E-state index < -0.39 is 0 Å². The van der Waals surface area contributed by atoms with Gasteiger partial charge in [-0.1, -0.05) is 12.1 Å². The molecule has 3 heterocycles. The molecular formula is C18H23FN6O2. The number of hydrogen-bond donors (Lipinski definition) is 0. The zero-order valence-corrected chi connectivity index (χ0v) is 15.1. The van der Waals surface area contributed by atoms with E-state index in [1.165, 1.54) is 12.1 Å². The van der Waals surface area contributed by atoms with Gasteiger partial charge in [0.25, 0.3) is 0 Å². The molecule has 2 aliphatic heterocycles. The molecule has 1 unspecified atom stereocenters. The second-order valence-electron chi connectivity index (χ2n) is 6.94. The number of morpholine rings is 1. The molecule has 2 fully saturated rings. The summed E-state index contributed by atoms with van der Waals surface area (Å²) in [6.07, 6.45) is 1.82. The molecule has 27 heavy (non-hydrogen) atoms. The fraction of sp³-hybridized carbons (Fsp3) is 0.556. The van der Waals surface area contributed by atoms with Crippen LogP contribution in [0.5, 0.6) is 0 Å². The maximum absolute atomic E-state index is 13.2. The number of carbonyl (C=O) groups is 1. The number of nitrogens with zero attached hydrogens (tertiary/aromatic N) is 6. The predicted molar refractivity (Wildman–Crippen MR) is 94.0 cm³/mol. The lowest BCUT2D eigenvalue weighted by Gasteiger charge is -2.27. The van der Waals surface area contributed by atoms with Gasteiger partial charge in [-0.15, -0.1) is 5.10 Å². The number of likely N-dealkylation sites (tertiary alicyclic amines) is 1. The van der Waals surface area contributed by atoms with Crippen molar-refractivity contribution in [3.05, 3.63) is 41.5 Å². The molecule has 144 valence electrons. The number of hydrogen-bond acceptors (Lipinski definition) is 6. The number of benzene rings is 1. The van der Waals surface area contributed by atoms with Crippen molar-refractivity contribution in [1.82, 2.24) is 30.0 Å². The van der Waals surface area contributed by atoms with Gasteiger partial charge >= 0.3 is 0 Å². The van der Waals surface area contributed by atoms with Crippen molar-refractivity contribution in [1.29, 1.82) is 0 Å². The summed E-state index contributed by atoms with van der Waals surface area (Å²) < 4.78 is 20.1. The van der Waals surface area contributed by atoms with E-state index in [0.717, 1.165) is 31.5 Å². The molecule has 0 saturated carbocycles. The second-order valence-corrected chi connectivity index (χ2v) is 6.94. The summed E-state index contributed by atoms with van der Waals surface area (Å²) in [5, 5.41) is 11.8. The molecule has 2 aliphatic rings. The molecular weight excluding hydrogens is 351 g/mol. The fourth-order valence-electron chi connectivity index (χ4n) is 3.73. The highest BCUT2D eigenvalue weighted by Gasteiger charge is 2.30. The lowest BCUT2D eigenvalue weighted by atomic mass is 10.0. The van der Waals surface area contributed by atoms with Crippen LogP contribution >= 0.6 is 0 Å². The minimum atomic E-state index is -0.268. The summed E-state index contributed by atoms with van der Waals surface area (Å²) in [5.74, 6) is 0.399. The lowest BCUT2D eigenvalue weighted by molar-refractivity contribution is -0.133. The Kier molecular flexibility index (Phi) is 5.40. The van der Waals surface area contributed by atoms with Gasteiger partial charge in [-0.3, -0.25) is 9.69 Å². The summed E-state index contributed by atoms with van der Waals surface area (Å²) in [6.45, 7) is 4.48. The van der Waals surface area contributed by atoms with Gasteiger partial charge < -0.3 is 9.64 Å². The van der Waals surface area contributed by atoms with Gasteiger partial charge in [0.1, 0.15) is 12.4 Å². The van der Waals surface area contributed by atoms with E-state index >= 15 is 0 Å². The molecule has 0 radical (unpaired) electrons. The minimum absolute atomic E-state index is 0.0163. The van der Waals surface area contributed by atoms with Gasteiger partial charge in [-0.25, -0.2) is 9.07 Å². The van der Waals surface area contributed by atoms with Gasteiger partial charge in [0.2, 0.25) is 5.91 Å². The van der Waals surface area contributed by atoms with Gasteiger partial charge in [0.05, 0.1) is 25.8 Å². The molecule has 1 atom stereocenters. The molecule has 4 rings (SSSR count). The molecule has 1 aromatic carbocycles. The highest BCUT2D eigenvalue weighted by atomic mass is 19.1. The van der Waals surface area contributed by atoms with Crippen molar-refractivity contribution in [3.63, 3.8) is 0 Å². The van der Waals surface area contributed by atoms with Crippen molar-refractivity contribution in [2.24, 2.45) is 0 Å². The topological polar surface area (TPSA) is 76.4 Å². The first-order valence-corrected chi connectivity index (χ1v) is 9.31. The summed E-state index contributed by atoms with van der Waals surface area (Å²) >= 11 is 0. The summed E-state index contributed by atoms with van der Waals surface area (Å²) in [6, 6.07) is 6.38. The summed E-state index contributed by atoms with van der Waals surface area (Å²) in [7, 11) is 0. The zero-order chi connectivity index (χ0) is 18.6. The third-order valence-corrected chi connectivity index (χ3v) is 5.19. The van der Waals surface area contributed by atoms with Gasteiger partial charge in [0.15, 0.2) is 5.82 Å². The van der Waals surface area contributed by atoms with Crippen LogP contribution in [0.15, 0.2) is 24.3 Å². The quantitative estimate of drug-likeness (QED) is 0.777. The molecule has 2 aromatic rings. The molecule has 1 amide bonds. The Morgan fingerprint density at radius 2 is 1.96 bits per heavy atom. The van der Waals surface area contributed by atoms with E-state index in [0.29, 0.717) is 32.1 Å². The third-order valence-electron chi connectivity index (χ3n) is 5.19. The zero-order valence-electron chi connectivity index (χ0n) is 15.1. The molecule has 0 spiro atoms. The largest absolute Gasteiger partial charge is 0.379 e. The van der Waals surface area contributed by atoms with E-state index in [1.807, 2.05) is 4.90 Å². The monoisotopic (exact) mass is 374 g/mol. The van der Waals surface area contributed by atoms with E-state index in [2.05, 4.69) is 20.4 Å².